The van der Waals surface area contributed by atoms with E-state index in [1.54, 1.807) is 14.2 Å². The van der Waals surface area contributed by atoms with Gasteiger partial charge in [-0.05, 0) is 6.92 Å². The number of methoxy groups -OCH3 is 2. The smallest absolute Gasteiger partial charge is 0.129 e. The highest BCUT2D eigenvalue weighted by atomic mass is 32.2. The molecule has 0 aliphatic carbocycles. The maximum atomic E-state index is 5.88. The van der Waals surface area contributed by atoms with Crippen molar-refractivity contribution in [3.63, 3.8) is 0 Å². The number of fused-ring (bicyclic) bond motifs is 2. The lowest BCUT2D eigenvalue weighted by molar-refractivity contribution is -0.135. The van der Waals surface area contributed by atoms with Crippen LogP contribution in [0.2, 0.25) is 0 Å². The van der Waals surface area contributed by atoms with Crippen LogP contribution in [0.25, 0.3) is 0 Å². The van der Waals surface area contributed by atoms with Crippen LogP contribution in [0.5, 0.6) is 0 Å². The quantitative estimate of drug-likeness (QED) is 0.636. The fourth-order valence-electron chi connectivity index (χ4n) is 2.34. The van der Waals surface area contributed by atoms with Crippen molar-refractivity contribution in [2.45, 2.75) is 36.0 Å². The van der Waals surface area contributed by atoms with E-state index in [-0.39, 0.29) is 29.1 Å². The van der Waals surface area contributed by atoms with Crippen LogP contribution >= 0.6 is 11.8 Å². The van der Waals surface area contributed by atoms with Gasteiger partial charge in [0.2, 0.25) is 0 Å². The lowest BCUT2D eigenvalue weighted by Gasteiger charge is -2.35. The summed E-state index contributed by atoms with van der Waals surface area (Å²) in [4.78, 5) is 0. The Morgan fingerprint density at radius 3 is 2.79 bits per heavy atom. The van der Waals surface area contributed by atoms with Gasteiger partial charge in [0, 0.05) is 26.0 Å². The van der Waals surface area contributed by atoms with Crippen LogP contribution in [0.4, 0.5) is 0 Å². The first-order valence-electron chi connectivity index (χ1n) is 4.76. The normalized spacial score (nSPS) is 48.4. The van der Waals surface area contributed by atoms with Crippen molar-refractivity contribution in [2.24, 2.45) is 0 Å². The summed E-state index contributed by atoms with van der Waals surface area (Å²) in [6.07, 6.45) is 0.0657. The summed E-state index contributed by atoms with van der Waals surface area (Å²) in [5.74, 6) is 0.902. The van der Waals surface area contributed by atoms with Crippen molar-refractivity contribution < 1.29 is 14.2 Å². The van der Waals surface area contributed by atoms with Gasteiger partial charge in [-0.3, -0.25) is 0 Å². The summed E-state index contributed by atoms with van der Waals surface area (Å²) in [5.41, 5.74) is -0.349. The molecule has 2 rings (SSSR count). The second-order valence-corrected chi connectivity index (χ2v) is 5.01. The molecule has 0 aromatic heterocycles. The second-order valence-electron chi connectivity index (χ2n) is 3.85. The first-order chi connectivity index (χ1) is 6.65. The Labute approximate surface area is 90.3 Å². The van der Waals surface area contributed by atoms with Crippen molar-refractivity contribution in [1.82, 2.24) is 0 Å². The molecule has 0 aromatic rings. The Morgan fingerprint density at radius 2 is 2.29 bits per heavy atom. The number of ether oxygens (including phenoxy) is 3. The highest BCUT2D eigenvalue weighted by Crippen LogP contribution is 2.50. The van der Waals surface area contributed by atoms with Crippen LogP contribution in [0.1, 0.15) is 6.92 Å². The molecule has 14 heavy (non-hydrogen) atoms. The molecular formula is C9H15BO3S. The zero-order chi connectivity index (χ0) is 10.3. The van der Waals surface area contributed by atoms with Crippen LogP contribution in [0.15, 0.2) is 0 Å². The van der Waals surface area contributed by atoms with Gasteiger partial charge < -0.3 is 14.2 Å². The molecule has 2 radical (unpaired) electrons. The maximum Gasteiger partial charge on any atom is 0.129 e. The fourth-order valence-corrected chi connectivity index (χ4v) is 4.02. The molecule has 2 heterocycles. The van der Waals surface area contributed by atoms with Crippen molar-refractivity contribution in [2.75, 3.05) is 20.0 Å². The van der Waals surface area contributed by atoms with Gasteiger partial charge in [-0.15, -0.1) is 0 Å². The fraction of sp³-hybridized carbons (Fsp3) is 1.00. The number of hydrogen-bond donors (Lipinski definition) is 0. The van der Waals surface area contributed by atoms with Gasteiger partial charge in [0.1, 0.15) is 19.6 Å². The molecule has 2 saturated heterocycles. The Kier molecular flexibility index (Phi) is 2.86. The van der Waals surface area contributed by atoms with E-state index in [1.807, 2.05) is 18.7 Å². The third-order valence-electron chi connectivity index (χ3n) is 3.26. The molecule has 0 saturated carbocycles. The SMILES string of the molecule is [B][C@@H]1O[C@@]2(C(C)OC)CSC1C2OC. The predicted molar refractivity (Wildman–Crippen MR) is 56.9 cm³/mol. The zero-order valence-electron chi connectivity index (χ0n) is 8.73. The molecule has 3 nitrogen and oxygen atoms in total. The van der Waals surface area contributed by atoms with E-state index in [9.17, 15) is 0 Å². The number of rotatable bonds is 3. The van der Waals surface area contributed by atoms with Crippen molar-refractivity contribution in [3.8, 4) is 0 Å². The van der Waals surface area contributed by atoms with Crippen LogP contribution in [0.3, 0.4) is 0 Å². The molecule has 2 fully saturated rings. The topological polar surface area (TPSA) is 27.7 Å². The molecule has 0 spiro atoms. The summed E-state index contributed by atoms with van der Waals surface area (Å²) in [6, 6.07) is -0.226. The molecule has 2 aliphatic heterocycles. The van der Waals surface area contributed by atoms with Crippen molar-refractivity contribution in [3.05, 3.63) is 0 Å². The monoisotopic (exact) mass is 214 g/mol. The molecule has 0 aromatic carbocycles. The van der Waals surface area contributed by atoms with Gasteiger partial charge in [-0.25, -0.2) is 0 Å². The summed E-state index contributed by atoms with van der Waals surface area (Å²) < 4.78 is 16.7. The Balaban J connectivity index is 2.24. The standard InChI is InChI=1S/C9H15BO3S/c1-5(11-2)9-4-14-6(7(9)12-3)8(10)13-9/h5-8H,4H2,1-3H3/t5?,6?,7?,8-,9-/m1/s1. The largest absolute Gasteiger partial charge is 0.379 e. The van der Waals surface area contributed by atoms with Crippen LogP contribution in [-0.2, 0) is 14.2 Å². The van der Waals surface area contributed by atoms with Crippen LogP contribution < -0.4 is 0 Å². The Morgan fingerprint density at radius 1 is 1.57 bits per heavy atom. The van der Waals surface area contributed by atoms with E-state index in [2.05, 4.69) is 0 Å². The van der Waals surface area contributed by atoms with Gasteiger partial charge in [0.15, 0.2) is 0 Å². The maximum absolute atomic E-state index is 5.88. The number of thioether (sulfide) groups is 1. The lowest BCUT2D eigenvalue weighted by atomic mass is 9.90. The summed E-state index contributed by atoms with van der Waals surface area (Å²) in [7, 11) is 9.29. The van der Waals surface area contributed by atoms with Crippen molar-refractivity contribution >= 4 is 19.6 Å². The van der Waals surface area contributed by atoms with Gasteiger partial charge >= 0.3 is 0 Å². The van der Waals surface area contributed by atoms with Gasteiger partial charge in [0.05, 0.1) is 11.4 Å². The molecule has 2 bridgehead atoms. The average molecular weight is 214 g/mol. The molecule has 0 N–H and O–H groups in total. The van der Waals surface area contributed by atoms with E-state index < -0.39 is 0 Å². The lowest BCUT2D eigenvalue weighted by Crippen LogP contribution is -2.51. The minimum Gasteiger partial charge on any atom is -0.379 e. The van der Waals surface area contributed by atoms with Gasteiger partial charge in [0.25, 0.3) is 0 Å². The molecular weight excluding hydrogens is 199 g/mol. The van der Waals surface area contributed by atoms with Crippen molar-refractivity contribution in [1.29, 1.82) is 0 Å². The van der Waals surface area contributed by atoms with E-state index >= 15 is 0 Å². The highest BCUT2D eigenvalue weighted by molar-refractivity contribution is 8.00. The summed E-state index contributed by atoms with van der Waals surface area (Å²) in [5, 5.41) is 0.248. The Bertz CT molecular complexity index is 228. The van der Waals surface area contributed by atoms with Crippen LogP contribution in [-0.4, -0.2) is 56.9 Å². The van der Waals surface area contributed by atoms with E-state index in [4.69, 9.17) is 22.1 Å². The van der Waals surface area contributed by atoms with E-state index in [0.717, 1.165) is 5.75 Å². The molecule has 2 aliphatic rings. The summed E-state index contributed by atoms with van der Waals surface area (Å²) >= 11 is 1.82. The zero-order valence-corrected chi connectivity index (χ0v) is 9.54. The molecule has 3 unspecified atom stereocenters. The highest BCUT2D eigenvalue weighted by Gasteiger charge is 2.62. The van der Waals surface area contributed by atoms with E-state index in [0.29, 0.717) is 0 Å². The van der Waals surface area contributed by atoms with Gasteiger partial charge in [-0.1, -0.05) is 0 Å². The minimum atomic E-state index is -0.349. The Hall–Kier alpha value is 0.295. The summed E-state index contributed by atoms with van der Waals surface area (Å²) in [6.45, 7) is 2.01. The van der Waals surface area contributed by atoms with E-state index in [1.165, 1.54) is 0 Å². The average Bonchev–Trinajstić information content (AvgIpc) is 2.68. The van der Waals surface area contributed by atoms with Gasteiger partial charge in [-0.2, -0.15) is 11.8 Å². The predicted octanol–water partition coefficient (Wildman–Crippen LogP) is 0.415. The first-order valence-corrected chi connectivity index (χ1v) is 5.81. The molecule has 0 amide bonds. The minimum absolute atomic E-state index is 0.0125. The third-order valence-corrected chi connectivity index (χ3v) is 4.77. The van der Waals surface area contributed by atoms with Crippen LogP contribution in [0, 0.1) is 0 Å². The molecule has 78 valence electrons. The first kappa shape index (κ1) is 10.8. The number of hydrogen-bond acceptors (Lipinski definition) is 4. The second kappa shape index (κ2) is 3.70. The molecule has 5 heteroatoms. The molecule has 5 atom stereocenters. The third kappa shape index (κ3) is 1.26.